The predicted octanol–water partition coefficient (Wildman–Crippen LogP) is 2.42. The van der Waals surface area contributed by atoms with Crippen molar-refractivity contribution in [3.8, 4) is 0 Å². The summed E-state index contributed by atoms with van der Waals surface area (Å²) in [5.74, 6) is -1.37. The maximum atomic E-state index is 11.6. The molecule has 1 aromatic rings. The Hall–Kier alpha value is -2.04. The highest BCUT2D eigenvalue weighted by Crippen LogP contribution is 2.05. The van der Waals surface area contributed by atoms with Crippen LogP contribution in [0.15, 0.2) is 30.3 Å². The molecule has 1 aromatic carbocycles. The first-order valence-electron chi connectivity index (χ1n) is 7.42. The fourth-order valence-electron chi connectivity index (χ4n) is 2.08. The number of carbonyl (C=O) groups excluding carboxylic acids is 1. The average molecular weight is 292 g/mol. The first-order chi connectivity index (χ1) is 10.1. The molecule has 0 aromatic heterocycles. The van der Waals surface area contributed by atoms with E-state index in [1.807, 2.05) is 25.1 Å². The number of rotatable bonds is 9. The average Bonchev–Trinajstić information content (AvgIpc) is 2.48. The number of hydrogen-bond acceptors (Lipinski definition) is 2. The van der Waals surface area contributed by atoms with Crippen molar-refractivity contribution in [1.82, 2.24) is 10.6 Å². The topological polar surface area (TPSA) is 78.4 Å². The van der Waals surface area contributed by atoms with Gasteiger partial charge in [-0.05, 0) is 24.8 Å². The van der Waals surface area contributed by atoms with E-state index in [4.69, 9.17) is 5.11 Å². The summed E-state index contributed by atoms with van der Waals surface area (Å²) in [5, 5.41) is 14.3. The second-order valence-corrected chi connectivity index (χ2v) is 5.05. The second-order valence-electron chi connectivity index (χ2n) is 5.05. The lowest BCUT2D eigenvalue weighted by atomic mass is 10.0. The van der Waals surface area contributed by atoms with Crippen LogP contribution in [0.25, 0.3) is 0 Å². The Balaban J connectivity index is 2.15. The van der Waals surface area contributed by atoms with E-state index in [0.29, 0.717) is 13.0 Å². The molecule has 3 N–H and O–H groups in total. The highest BCUT2D eigenvalue weighted by molar-refractivity contribution is 5.75. The van der Waals surface area contributed by atoms with Crippen LogP contribution in [-0.4, -0.2) is 30.2 Å². The van der Waals surface area contributed by atoms with Crippen molar-refractivity contribution in [2.24, 2.45) is 5.92 Å². The number of nitrogens with one attached hydrogen (secondary N) is 2. The van der Waals surface area contributed by atoms with Crippen LogP contribution in [0.5, 0.6) is 0 Å². The molecule has 0 fully saturated rings. The zero-order valence-electron chi connectivity index (χ0n) is 12.5. The van der Waals surface area contributed by atoms with Gasteiger partial charge >= 0.3 is 12.0 Å². The predicted molar refractivity (Wildman–Crippen MR) is 82.2 cm³/mol. The molecule has 0 aliphatic heterocycles. The van der Waals surface area contributed by atoms with Crippen LogP contribution in [-0.2, 0) is 11.2 Å². The number of amides is 2. The van der Waals surface area contributed by atoms with Crippen molar-refractivity contribution in [2.45, 2.75) is 32.6 Å². The van der Waals surface area contributed by atoms with Crippen molar-refractivity contribution < 1.29 is 14.7 Å². The van der Waals surface area contributed by atoms with E-state index in [-0.39, 0.29) is 12.6 Å². The zero-order chi connectivity index (χ0) is 15.5. The fourth-order valence-corrected chi connectivity index (χ4v) is 2.08. The van der Waals surface area contributed by atoms with E-state index in [1.165, 1.54) is 5.56 Å². The quantitative estimate of drug-likeness (QED) is 0.612. The minimum Gasteiger partial charge on any atom is -0.481 e. The maximum absolute atomic E-state index is 11.6. The van der Waals surface area contributed by atoms with Gasteiger partial charge in [-0.1, -0.05) is 43.7 Å². The summed E-state index contributed by atoms with van der Waals surface area (Å²) < 4.78 is 0. The molecule has 5 heteroatoms. The summed E-state index contributed by atoms with van der Waals surface area (Å²) in [7, 11) is 0. The van der Waals surface area contributed by atoms with Gasteiger partial charge in [-0.2, -0.15) is 0 Å². The summed E-state index contributed by atoms with van der Waals surface area (Å²) >= 11 is 0. The van der Waals surface area contributed by atoms with E-state index < -0.39 is 11.9 Å². The van der Waals surface area contributed by atoms with Crippen LogP contribution in [0.3, 0.4) is 0 Å². The number of carbonyl (C=O) groups is 2. The molecule has 1 rings (SSSR count). The Labute approximate surface area is 125 Å². The number of aliphatic carboxylic acids is 1. The molecule has 116 valence electrons. The maximum Gasteiger partial charge on any atom is 0.314 e. The fraction of sp³-hybridized carbons (Fsp3) is 0.500. The molecule has 21 heavy (non-hydrogen) atoms. The van der Waals surface area contributed by atoms with Crippen LogP contribution in [0, 0.1) is 5.92 Å². The molecule has 0 saturated carbocycles. The van der Waals surface area contributed by atoms with Gasteiger partial charge in [0.15, 0.2) is 0 Å². The van der Waals surface area contributed by atoms with Crippen molar-refractivity contribution in [3.05, 3.63) is 35.9 Å². The molecule has 0 bridgehead atoms. The molecule has 1 atom stereocenters. The minimum atomic E-state index is -0.860. The van der Waals surface area contributed by atoms with Crippen molar-refractivity contribution in [1.29, 1.82) is 0 Å². The third kappa shape index (κ3) is 7.34. The standard InChI is InChI=1S/C16H24N2O3/c1-2-7-14(15(19)20)12-18-16(21)17-11-6-10-13-8-4-3-5-9-13/h3-5,8-9,14H,2,6-7,10-12H2,1H3,(H,19,20)(H2,17,18,21). The lowest BCUT2D eigenvalue weighted by molar-refractivity contribution is -0.141. The van der Waals surface area contributed by atoms with Gasteiger partial charge in [-0.25, -0.2) is 4.79 Å². The normalized spacial score (nSPS) is 11.7. The van der Waals surface area contributed by atoms with Crippen LogP contribution < -0.4 is 10.6 Å². The first kappa shape index (κ1) is 17.0. The van der Waals surface area contributed by atoms with Crippen molar-refractivity contribution >= 4 is 12.0 Å². The number of urea groups is 1. The van der Waals surface area contributed by atoms with Gasteiger partial charge in [-0.3, -0.25) is 4.79 Å². The molecule has 1 unspecified atom stereocenters. The Bertz CT molecular complexity index is 434. The van der Waals surface area contributed by atoms with Crippen molar-refractivity contribution in [2.75, 3.05) is 13.1 Å². The number of carboxylic acids is 1. The van der Waals surface area contributed by atoms with Crippen LogP contribution >= 0.6 is 0 Å². The largest absolute Gasteiger partial charge is 0.481 e. The molecular formula is C16H24N2O3. The van der Waals surface area contributed by atoms with E-state index in [9.17, 15) is 9.59 Å². The van der Waals surface area contributed by atoms with Gasteiger partial charge in [0.2, 0.25) is 0 Å². The first-order valence-corrected chi connectivity index (χ1v) is 7.42. The summed E-state index contributed by atoms with van der Waals surface area (Å²) in [6.07, 6.45) is 3.13. The Kier molecular flexibility index (Phi) is 7.94. The molecule has 5 nitrogen and oxygen atoms in total. The summed E-state index contributed by atoms with van der Waals surface area (Å²) in [6.45, 7) is 2.68. The minimum absolute atomic E-state index is 0.174. The van der Waals surface area contributed by atoms with E-state index >= 15 is 0 Å². The van der Waals surface area contributed by atoms with E-state index in [2.05, 4.69) is 22.8 Å². The lowest BCUT2D eigenvalue weighted by Gasteiger charge is -2.13. The number of benzene rings is 1. The van der Waals surface area contributed by atoms with Crippen LogP contribution in [0.2, 0.25) is 0 Å². The molecule has 0 spiro atoms. The zero-order valence-corrected chi connectivity index (χ0v) is 12.5. The molecule has 0 heterocycles. The van der Waals surface area contributed by atoms with Crippen LogP contribution in [0.1, 0.15) is 31.7 Å². The highest BCUT2D eigenvalue weighted by Gasteiger charge is 2.16. The monoisotopic (exact) mass is 292 g/mol. The number of carboxylic acid groups (broad SMARTS) is 1. The van der Waals surface area contributed by atoms with Crippen LogP contribution in [0.4, 0.5) is 4.79 Å². The van der Waals surface area contributed by atoms with Gasteiger partial charge in [0.1, 0.15) is 0 Å². The lowest BCUT2D eigenvalue weighted by Crippen LogP contribution is -2.40. The van der Waals surface area contributed by atoms with Gasteiger partial charge in [0, 0.05) is 13.1 Å². The summed E-state index contributed by atoms with van der Waals surface area (Å²) in [5.41, 5.74) is 1.24. The van der Waals surface area contributed by atoms with Gasteiger partial charge < -0.3 is 15.7 Å². The third-order valence-electron chi connectivity index (χ3n) is 3.27. The Morgan fingerprint density at radius 1 is 1.19 bits per heavy atom. The van der Waals surface area contributed by atoms with Gasteiger partial charge in [0.25, 0.3) is 0 Å². The smallest absolute Gasteiger partial charge is 0.314 e. The second kappa shape index (κ2) is 9.80. The van der Waals surface area contributed by atoms with E-state index in [1.54, 1.807) is 0 Å². The Morgan fingerprint density at radius 2 is 1.90 bits per heavy atom. The van der Waals surface area contributed by atoms with Gasteiger partial charge in [-0.15, -0.1) is 0 Å². The van der Waals surface area contributed by atoms with Gasteiger partial charge in [0.05, 0.1) is 5.92 Å². The van der Waals surface area contributed by atoms with Crippen molar-refractivity contribution in [3.63, 3.8) is 0 Å². The number of hydrogen-bond donors (Lipinski definition) is 3. The summed E-state index contributed by atoms with van der Waals surface area (Å²) in [4.78, 5) is 22.5. The highest BCUT2D eigenvalue weighted by atomic mass is 16.4. The SMILES string of the molecule is CCCC(CNC(=O)NCCCc1ccccc1)C(=O)O. The molecule has 0 radical (unpaired) electrons. The van der Waals surface area contributed by atoms with E-state index in [0.717, 1.165) is 19.3 Å². The molecule has 0 saturated heterocycles. The molecule has 2 amide bonds. The Morgan fingerprint density at radius 3 is 2.52 bits per heavy atom. The summed E-state index contributed by atoms with van der Waals surface area (Å²) in [6, 6.07) is 9.78. The third-order valence-corrected chi connectivity index (χ3v) is 3.27. The molecule has 0 aliphatic carbocycles. The molecule has 0 aliphatic rings. The molecular weight excluding hydrogens is 268 g/mol. The number of aryl methyl sites for hydroxylation is 1.